The van der Waals surface area contributed by atoms with Crippen LogP contribution in [0.1, 0.15) is 55.7 Å². The molecule has 0 bridgehead atoms. The van der Waals surface area contributed by atoms with Crippen LogP contribution in [0.15, 0.2) is 18.2 Å². The molecule has 6 heteroatoms. The van der Waals surface area contributed by atoms with Gasteiger partial charge in [-0.2, -0.15) is 5.10 Å². The van der Waals surface area contributed by atoms with E-state index in [0.717, 1.165) is 59.5 Å². The first-order valence-corrected chi connectivity index (χ1v) is 9.14. The van der Waals surface area contributed by atoms with Crippen molar-refractivity contribution in [3.63, 3.8) is 0 Å². The fourth-order valence-electron chi connectivity index (χ4n) is 4.58. The van der Waals surface area contributed by atoms with Crippen molar-refractivity contribution in [2.24, 2.45) is 0 Å². The molecule has 6 nitrogen and oxygen atoms in total. The second-order valence-electron chi connectivity index (χ2n) is 7.73. The van der Waals surface area contributed by atoms with Crippen molar-refractivity contribution >= 4 is 22.6 Å². The normalized spacial score (nSPS) is 21.2. The third kappa shape index (κ3) is 1.82. The van der Waals surface area contributed by atoms with E-state index < -0.39 is 0 Å². The van der Waals surface area contributed by atoms with Crippen molar-refractivity contribution in [2.45, 2.75) is 49.9 Å². The molecule has 25 heavy (non-hydrogen) atoms. The van der Waals surface area contributed by atoms with E-state index in [9.17, 15) is 4.79 Å². The van der Waals surface area contributed by atoms with Crippen LogP contribution in [0, 0.1) is 0 Å². The number of anilines is 1. The first-order chi connectivity index (χ1) is 12.2. The molecule has 3 aliphatic rings. The van der Waals surface area contributed by atoms with Crippen LogP contribution >= 0.6 is 0 Å². The van der Waals surface area contributed by atoms with Crippen LogP contribution in [0.2, 0.25) is 0 Å². The minimum Gasteiger partial charge on any atom is -0.337 e. The second kappa shape index (κ2) is 4.50. The van der Waals surface area contributed by atoms with E-state index in [1.807, 2.05) is 6.07 Å². The lowest BCUT2D eigenvalue weighted by atomic mass is 9.80. The first-order valence-electron chi connectivity index (χ1n) is 9.14. The maximum atomic E-state index is 12.6. The number of nitrogens with zero attached hydrogens (tertiary/aromatic N) is 2. The number of carbonyl (C=O) groups excluding carboxylic acids is 1. The zero-order valence-corrected chi connectivity index (χ0v) is 13.9. The SMILES string of the molecule is O=C1Nc2cc3nc(-c4cc(C5CC5)[nH]n4)[nH]c3cc2C12CCCC2. The largest absolute Gasteiger partial charge is 0.337 e. The predicted molar refractivity (Wildman–Crippen MR) is 94.4 cm³/mol. The number of imidazole rings is 1. The van der Waals surface area contributed by atoms with Gasteiger partial charge in [0.25, 0.3) is 0 Å². The lowest BCUT2D eigenvalue weighted by Gasteiger charge is -2.20. The standard InChI is InChI=1S/C19H19N5O/c25-18-19(5-1-2-6-19)11-7-14-15(9-13(11)22-18)21-17(20-14)16-8-12(23-24-16)10-3-4-10/h7-10H,1-6H2,(H,20,21)(H,22,25)(H,23,24). The number of hydrogen-bond acceptors (Lipinski definition) is 3. The zero-order chi connectivity index (χ0) is 16.6. The molecule has 126 valence electrons. The van der Waals surface area contributed by atoms with Crippen LogP contribution in [-0.2, 0) is 10.2 Å². The Balaban J connectivity index is 1.46. The van der Waals surface area contributed by atoms with Gasteiger partial charge in [0.2, 0.25) is 5.91 Å². The van der Waals surface area contributed by atoms with Crippen molar-refractivity contribution in [1.29, 1.82) is 0 Å². The number of hydrogen-bond donors (Lipinski definition) is 3. The number of carbonyl (C=O) groups is 1. The summed E-state index contributed by atoms with van der Waals surface area (Å²) in [5.41, 5.74) is 5.66. The van der Waals surface area contributed by atoms with Gasteiger partial charge in [-0.25, -0.2) is 4.98 Å². The molecule has 0 atom stereocenters. The summed E-state index contributed by atoms with van der Waals surface area (Å²) >= 11 is 0. The molecule has 0 radical (unpaired) electrons. The summed E-state index contributed by atoms with van der Waals surface area (Å²) in [5, 5.41) is 10.6. The molecular weight excluding hydrogens is 314 g/mol. The molecule has 1 spiro atoms. The molecule has 2 saturated carbocycles. The van der Waals surface area contributed by atoms with Gasteiger partial charge in [-0.05, 0) is 49.4 Å². The summed E-state index contributed by atoms with van der Waals surface area (Å²) in [6, 6.07) is 6.23. The summed E-state index contributed by atoms with van der Waals surface area (Å²) in [6.07, 6.45) is 6.63. The summed E-state index contributed by atoms with van der Waals surface area (Å²) in [5.74, 6) is 1.59. The molecule has 2 aliphatic carbocycles. The molecule has 3 N–H and O–H groups in total. The van der Waals surface area contributed by atoms with E-state index in [1.54, 1.807) is 0 Å². The van der Waals surface area contributed by atoms with E-state index in [0.29, 0.717) is 5.92 Å². The van der Waals surface area contributed by atoms with Gasteiger partial charge in [-0.1, -0.05) is 12.8 Å². The Labute approximate surface area is 144 Å². The number of fused-ring (bicyclic) bond motifs is 3. The first kappa shape index (κ1) is 13.6. The van der Waals surface area contributed by atoms with Gasteiger partial charge in [0.15, 0.2) is 5.82 Å². The summed E-state index contributed by atoms with van der Waals surface area (Å²) in [4.78, 5) is 20.7. The van der Waals surface area contributed by atoms with Crippen LogP contribution < -0.4 is 5.32 Å². The van der Waals surface area contributed by atoms with E-state index >= 15 is 0 Å². The molecule has 3 aromatic rings. The molecule has 1 aliphatic heterocycles. The average Bonchev–Trinajstić information content (AvgIpc) is 3.02. The fourth-order valence-corrected chi connectivity index (χ4v) is 4.58. The topological polar surface area (TPSA) is 86.5 Å². The third-order valence-electron chi connectivity index (χ3n) is 6.13. The lowest BCUT2D eigenvalue weighted by molar-refractivity contribution is -0.120. The van der Waals surface area contributed by atoms with Gasteiger partial charge in [0.05, 0.1) is 16.4 Å². The van der Waals surface area contributed by atoms with E-state index in [4.69, 9.17) is 4.98 Å². The third-order valence-corrected chi connectivity index (χ3v) is 6.13. The zero-order valence-electron chi connectivity index (χ0n) is 13.9. The molecule has 3 heterocycles. The summed E-state index contributed by atoms with van der Waals surface area (Å²) in [7, 11) is 0. The number of nitrogens with one attached hydrogen (secondary N) is 3. The Hall–Kier alpha value is -2.63. The number of rotatable bonds is 2. The molecule has 0 unspecified atom stereocenters. The highest BCUT2D eigenvalue weighted by atomic mass is 16.2. The number of benzene rings is 1. The molecule has 1 amide bonds. The molecular formula is C19H19N5O. The fraction of sp³-hybridized carbons (Fsp3) is 0.421. The lowest BCUT2D eigenvalue weighted by Crippen LogP contribution is -2.30. The highest BCUT2D eigenvalue weighted by molar-refractivity contribution is 6.08. The average molecular weight is 333 g/mol. The van der Waals surface area contributed by atoms with Gasteiger partial charge in [-0.3, -0.25) is 9.89 Å². The van der Waals surface area contributed by atoms with Crippen molar-refractivity contribution in [3.8, 4) is 11.5 Å². The number of aromatic nitrogens is 4. The van der Waals surface area contributed by atoms with E-state index in [-0.39, 0.29) is 11.3 Å². The minimum absolute atomic E-state index is 0.161. The van der Waals surface area contributed by atoms with Crippen molar-refractivity contribution in [2.75, 3.05) is 5.32 Å². The predicted octanol–water partition coefficient (Wildman–Crippen LogP) is 3.59. The Bertz CT molecular complexity index is 1020. The van der Waals surface area contributed by atoms with Crippen LogP contribution in [0.5, 0.6) is 0 Å². The molecule has 0 saturated heterocycles. The van der Waals surface area contributed by atoms with Crippen molar-refractivity contribution in [3.05, 3.63) is 29.5 Å². The molecule has 6 rings (SSSR count). The maximum absolute atomic E-state index is 12.6. The number of H-pyrrole nitrogens is 2. The van der Waals surface area contributed by atoms with Gasteiger partial charge >= 0.3 is 0 Å². The van der Waals surface area contributed by atoms with Gasteiger partial charge in [0, 0.05) is 17.3 Å². The smallest absolute Gasteiger partial charge is 0.235 e. The monoisotopic (exact) mass is 333 g/mol. The van der Waals surface area contributed by atoms with Crippen LogP contribution in [-0.4, -0.2) is 26.1 Å². The highest BCUT2D eigenvalue weighted by Gasteiger charge is 2.48. The van der Waals surface area contributed by atoms with E-state index in [2.05, 4.69) is 32.6 Å². The Morgan fingerprint density at radius 2 is 1.96 bits per heavy atom. The second-order valence-corrected chi connectivity index (χ2v) is 7.73. The highest BCUT2D eigenvalue weighted by Crippen LogP contribution is 2.49. The quantitative estimate of drug-likeness (QED) is 0.670. The Morgan fingerprint density at radius 1 is 1.12 bits per heavy atom. The molecule has 2 fully saturated rings. The Morgan fingerprint density at radius 3 is 2.76 bits per heavy atom. The van der Waals surface area contributed by atoms with Crippen molar-refractivity contribution < 1.29 is 4.79 Å². The summed E-state index contributed by atoms with van der Waals surface area (Å²) < 4.78 is 0. The number of amides is 1. The van der Waals surface area contributed by atoms with Crippen LogP contribution in [0.4, 0.5) is 5.69 Å². The van der Waals surface area contributed by atoms with E-state index in [1.165, 1.54) is 18.5 Å². The molecule has 1 aromatic carbocycles. The minimum atomic E-state index is -0.319. The summed E-state index contributed by atoms with van der Waals surface area (Å²) in [6.45, 7) is 0. The van der Waals surface area contributed by atoms with Gasteiger partial charge < -0.3 is 10.3 Å². The Kier molecular flexibility index (Phi) is 2.46. The van der Waals surface area contributed by atoms with Gasteiger partial charge in [0.1, 0.15) is 5.69 Å². The van der Waals surface area contributed by atoms with Crippen molar-refractivity contribution in [1.82, 2.24) is 20.2 Å². The molecule has 2 aromatic heterocycles. The van der Waals surface area contributed by atoms with Crippen LogP contribution in [0.25, 0.3) is 22.6 Å². The van der Waals surface area contributed by atoms with Crippen LogP contribution in [0.3, 0.4) is 0 Å². The maximum Gasteiger partial charge on any atom is 0.235 e. The van der Waals surface area contributed by atoms with Gasteiger partial charge in [-0.15, -0.1) is 0 Å². The number of aromatic amines is 2.